The van der Waals surface area contributed by atoms with Crippen molar-refractivity contribution in [1.29, 1.82) is 0 Å². The highest BCUT2D eigenvalue weighted by Gasteiger charge is 2.42. The van der Waals surface area contributed by atoms with Gasteiger partial charge >= 0.3 is 0 Å². The quantitative estimate of drug-likeness (QED) is 0.474. The number of benzene rings is 2. The lowest BCUT2D eigenvalue weighted by atomic mass is 9.73. The number of rotatable bonds is 3. The molecule has 33 heavy (non-hydrogen) atoms. The fourth-order valence-electron chi connectivity index (χ4n) is 4.59. The van der Waals surface area contributed by atoms with E-state index >= 15 is 0 Å². The highest BCUT2D eigenvalue weighted by atomic mass is 35.5. The fraction of sp³-hybridized carbons (Fsp3) is 0.240. The van der Waals surface area contributed by atoms with Gasteiger partial charge in [0.1, 0.15) is 17.4 Å². The molecule has 0 saturated carbocycles. The zero-order valence-corrected chi connectivity index (χ0v) is 19.7. The van der Waals surface area contributed by atoms with Crippen LogP contribution in [0.5, 0.6) is 0 Å². The summed E-state index contributed by atoms with van der Waals surface area (Å²) in [6.45, 7) is 4.15. The van der Waals surface area contributed by atoms with E-state index in [1.165, 1.54) is 6.20 Å². The first-order valence-corrected chi connectivity index (χ1v) is 11.4. The van der Waals surface area contributed by atoms with Gasteiger partial charge in [0.15, 0.2) is 5.78 Å². The number of ketones is 1. The number of carbonyl (C=O) groups excluding carboxylic acids is 2. The number of aromatic nitrogens is 2. The van der Waals surface area contributed by atoms with Crippen molar-refractivity contribution >= 4 is 46.4 Å². The number of hydrogen-bond acceptors (Lipinski definition) is 4. The number of carbonyl (C=O) groups is 2. The van der Waals surface area contributed by atoms with Gasteiger partial charge in [0.05, 0.1) is 6.20 Å². The average molecular weight is 481 g/mol. The molecule has 0 bridgehead atoms. The molecular formula is C25H22Cl2N4O2. The third kappa shape index (κ3) is 4.05. The standard InChI is InChI=1S/C25H22Cl2N4O2/c1-25(2)11-19-21(20(32)12-25)22(14-4-3-5-16(27)10-14)31-23(30-19)18(13-28-31)24(33)29-17-8-6-15(26)7-9-17/h3-10,13,22,30H,11-12H2,1-2H3,(H,29,33)/t22-/m1/s1. The number of fused-ring (bicyclic) bond motifs is 1. The summed E-state index contributed by atoms with van der Waals surface area (Å²) < 4.78 is 1.71. The number of anilines is 2. The Morgan fingerprint density at radius 3 is 2.61 bits per heavy atom. The van der Waals surface area contributed by atoms with Gasteiger partial charge in [-0.2, -0.15) is 5.10 Å². The maximum atomic E-state index is 13.3. The van der Waals surface area contributed by atoms with Crippen LogP contribution in [-0.4, -0.2) is 21.5 Å². The highest BCUT2D eigenvalue weighted by molar-refractivity contribution is 6.31. The molecule has 0 radical (unpaired) electrons. The molecule has 3 aromatic rings. The second kappa shape index (κ2) is 8.04. The molecule has 2 N–H and O–H groups in total. The van der Waals surface area contributed by atoms with Crippen LogP contribution in [0.15, 0.2) is 66.0 Å². The van der Waals surface area contributed by atoms with Crippen LogP contribution in [0.1, 0.15) is 48.7 Å². The van der Waals surface area contributed by atoms with Gasteiger partial charge in [0, 0.05) is 33.4 Å². The monoisotopic (exact) mass is 480 g/mol. The zero-order chi connectivity index (χ0) is 23.3. The lowest BCUT2D eigenvalue weighted by molar-refractivity contribution is -0.118. The predicted molar refractivity (Wildman–Crippen MR) is 130 cm³/mol. The van der Waals surface area contributed by atoms with E-state index in [1.54, 1.807) is 35.0 Å². The van der Waals surface area contributed by atoms with Crippen LogP contribution in [0, 0.1) is 5.41 Å². The zero-order valence-electron chi connectivity index (χ0n) is 18.2. The van der Waals surface area contributed by atoms with Gasteiger partial charge in [0.25, 0.3) is 5.91 Å². The Kier molecular flexibility index (Phi) is 5.30. The first-order valence-electron chi connectivity index (χ1n) is 10.6. The lowest BCUT2D eigenvalue weighted by Crippen LogP contribution is -2.37. The Bertz CT molecular complexity index is 1310. The van der Waals surface area contributed by atoms with E-state index in [0.29, 0.717) is 45.5 Å². The number of amides is 1. The number of nitrogens with one attached hydrogen (secondary N) is 2. The maximum absolute atomic E-state index is 13.3. The molecule has 6 nitrogen and oxygen atoms in total. The Morgan fingerprint density at radius 2 is 1.88 bits per heavy atom. The second-order valence-corrected chi connectivity index (χ2v) is 10.1. The van der Waals surface area contributed by atoms with E-state index in [4.69, 9.17) is 23.2 Å². The van der Waals surface area contributed by atoms with E-state index in [1.807, 2.05) is 18.2 Å². The first-order chi connectivity index (χ1) is 15.7. The van der Waals surface area contributed by atoms with E-state index in [0.717, 1.165) is 11.3 Å². The summed E-state index contributed by atoms with van der Waals surface area (Å²) in [7, 11) is 0. The van der Waals surface area contributed by atoms with Crippen molar-refractivity contribution in [2.45, 2.75) is 32.7 Å². The average Bonchev–Trinajstić information content (AvgIpc) is 3.16. The number of Topliss-reactive ketones (excluding diaryl/α,β-unsaturated/α-hetero) is 1. The van der Waals surface area contributed by atoms with Crippen molar-refractivity contribution in [3.63, 3.8) is 0 Å². The Morgan fingerprint density at radius 1 is 1.12 bits per heavy atom. The molecule has 2 aromatic carbocycles. The van der Waals surface area contributed by atoms with Gasteiger partial charge in [-0.05, 0) is 53.8 Å². The summed E-state index contributed by atoms with van der Waals surface area (Å²) in [5.41, 5.74) is 3.18. The van der Waals surface area contributed by atoms with Crippen LogP contribution in [-0.2, 0) is 4.79 Å². The normalized spacial score (nSPS) is 18.9. The summed E-state index contributed by atoms with van der Waals surface area (Å²) in [6.07, 6.45) is 2.67. The van der Waals surface area contributed by atoms with Gasteiger partial charge in [-0.3, -0.25) is 9.59 Å². The molecule has 1 atom stereocenters. The molecule has 2 heterocycles. The topological polar surface area (TPSA) is 76.0 Å². The van der Waals surface area contributed by atoms with Gasteiger partial charge in [-0.25, -0.2) is 4.68 Å². The van der Waals surface area contributed by atoms with Crippen molar-refractivity contribution in [2.75, 3.05) is 10.6 Å². The predicted octanol–water partition coefficient (Wildman–Crippen LogP) is 6.10. The number of nitrogens with zero attached hydrogens (tertiary/aromatic N) is 2. The van der Waals surface area contributed by atoms with Crippen LogP contribution in [0.2, 0.25) is 10.0 Å². The Hall–Kier alpha value is -3.09. The van der Waals surface area contributed by atoms with E-state index < -0.39 is 6.04 Å². The van der Waals surface area contributed by atoms with Crippen molar-refractivity contribution < 1.29 is 9.59 Å². The van der Waals surface area contributed by atoms with Gasteiger partial charge in [0.2, 0.25) is 0 Å². The number of hydrogen-bond donors (Lipinski definition) is 2. The second-order valence-electron chi connectivity index (χ2n) is 9.23. The van der Waals surface area contributed by atoms with Crippen LogP contribution in [0.3, 0.4) is 0 Å². The van der Waals surface area contributed by atoms with Crippen molar-refractivity contribution in [3.05, 3.63) is 87.2 Å². The van der Waals surface area contributed by atoms with Crippen molar-refractivity contribution in [1.82, 2.24) is 9.78 Å². The number of allylic oxidation sites excluding steroid dienone is 2. The van der Waals surface area contributed by atoms with Crippen LogP contribution in [0.4, 0.5) is 11.5 Å². The summed E-state index contributed by atoms with van der Waals surface area (Å²) in [4.78, 5) is 26.4. The highest BCUT2D eigenvalue weighted by Crippen LogP contribution is 2.46. The van der Waals surface area contributed by atoms with Gasteiger partial charge in [-0.1, -0.05) is 49.2 Å². The third-order valence-electron chi connectivity index (χ3n) is 6.01. The molecule has 0 saturated heterocycles. The number of halogens is 2. The first kappa shape index (κ1) is 21.7. The molecule has 1 aliphatic heterocycles. The molecule has 2 aliphatic rings. The van der Waals surface area contributed by atoms with E-state index in [9.17, 15) is 9.59 Å². The minimum absolute atomic E-state index is 0.0760. The third-order valence-corrected chi connectivity index (χ3v) is 6.50. The summed E-state index contributed by atoms with van der Waals surface area (Å²) in [5.74, 6) is 0.323. The molecule has 5 rings (SSSR count). The SMILES string of the molecule is CC1(C)CC(=O)C2=C(C1)Nc1c(C(=O)Nc3ccc(Cl)cc3)cnn1[C@@H]2c1cccc(Cl)c1. The summed E-state index contributed by atoms with van der Waals surface area (Å²) in [6, 6.07) is 13.9. The van der Waals surface area contributed by atoms with Gasteiger partial charge in [-0.15, -0.1) is 0 Å². The van der Waals surface area contributed by atoms with Crippen LogP contribution < -0.4 is 10.6 Å². The van der Waals surface area contributed by atoms with Gasteiger partial charge < -0.3 is 10.6 Å². The summed E-state index contributed by atoms with van der Waals surface area (Å²) >= 11 is 12.2. The smallest absolute Gasteiger partial charge is 0.261 e. The molecule has 1 aromatic heterocycles. The molecular weight excluding hydrogens is 459 g/mol. The van der Waals surface area contributed by atoms with Crippen molar-refractivity contribution in [2.24, 2.45) is 5.41 Å². The van der Waals surface area contributed by atoms with Crippen LogP contribution >= 0.6 is 23.2 Å². The molecule has 0 unspecified atom stereocenters. The molecule has 1 aliphatic carbocycles. The Labute approximate surface area is 201 Å². The largest absolute Gasteiger partial charge is 0.343 e. The minimum atomic E-state index is -0.462. The summed E-state index contributed by atoms with van der Waals surface area (Å²) in [5, 5.41) is 11.9. The van der Waals surface area contributed by atoms with Crippen molar-refractivity contribution in [3.8, 4) is 0 Å². The Balaban J connectivity index is 1.59. The minimum Gasteiger partial charge on any atom is -0.343 e. The molecule has 0 fully saturated rings. The van der Waals surface area contributed by atoms with E-state index in [2.05, 4.69) is 29.6 Å². The fourth-order valence-corrected chi connectivity index (χ4v) is 4.92. The lowest BCUT2D eigenvalue weighted by Gasteiger charge is -2.39. The molecule has 168 valence electrons. The molecule has 1 amide bonds. The van der Waals surface area contributed by atoms with E-state index in [-0.39, 0.29) is 17.1 Å². The molecule has 0 spiro atoms. The van der Waals surface area contributed by atoms with Crippen LogP contribution in [0.25, 0.3) is 0 Å². The maximum Gasteiger partial charge on any atom is 0.261 e. The molecule has 8 heteroatoms.